The number of benzene rings is 1. The van der Waals surface area contributed by atoms with Crippen molar-refractivity contribution in [1.82, 2.24) is 25.1 Å². The fourth-order valence-electron chi connectivity index (χ4n) is 2.56. The van der Waals surface area contributed by atoms with Crippen LogP contribution in [0.15, 0.2) is 48.9 Å². The SMILES string of the molecule is C[C@@H](NC(=O)CCc1cnn(C)c1)c1ncc(-c2ccccc2)[nH]1. The maximum atomic E-state index is 12.1. The Morgan fingerprint density at radius 3 is 2.79 bits per heavy atom. The van der Waals surface area contributed by atoms with Crippen LogP contribution in [0, 0.1) is 0 Å². The zero-order valence-electron chi connectivity index (χ0n) is 13.9. The van der Waals surface area contributed by atoms with E-state index >= 15 is 0 Å². The first-order chi connectivity index (χ1) is 11.6. The molecule has 3 aromatic rings. The highest BCUT2D eigenvalue weighted by Crippen LogP contribution is 2.18. The van der Waals surface area contributed by atoms with E-state index in [1.807, 2.05) is 50.5 Å². The predicted molar refractivity (Wildman–Crippen MR) is 92.1 cm³/mol. The molecule has 6 heteroatoms. The third kappa shape index (κ3) is 3.90. The Labute approximate surface area is 140 Å². The Morgan fingerprint density at radius 1 is 1.29 bits per heavy atom. The van der Waals surface area contributed by atoms with Gasteiger partial charge >= 0.3 is 0 Å². The summed E-state index contributed by atoms with van der Waals surface area (Å²) < 4.78 is 1.74. The van der Waals surface area contributed by atoms with Crippen molar-refractivity contribution in [1.29, 1.82) is 0 Å². The lowest BCUT2D eigenvalue weighted by Gasteiger charge is -2.11. The maximum Gasteiger partial charge on any atom is 0.220 e. The molecule has 124 valence electrons. The average Bonchev–Trinajstić information content (AvgIpc) is 3.23. The number of carbonyl (C=O) groups is 1. The molecule has 0 aliphatic heterocycles. The third-order valence-corrected chi connectivity index (χ3v) is 3.87. The van der Waals surface area contributed by atoms with Gasteiger partial charge in [-0.1, -0.05) is 30.3 Å². The number of aromatic nitrogens is 4. The highest BCUT2D eigenvalue weighted by Gasteiger charge is 2.13. The van der Waals surface area contributed by atoms with Crippen molar-refractivity contribution in [3.63, 3.8) is 0 Å². The van der Waals surface area contributed by atoms with Gasteiger partial charge in [-0.3, -0.25) is 9.48 Å². The fraction of sp³-hybridized carbons (Fsp3) is 0.278. The molecule has 2 N–H and O–H groups in total. The van der Waals surface area contributed by atoms with Crippen LogP contribution in [0.2, 0.25) is 0 Å². The van der Waals surface area contributed by atoms with Gasteiger partial charge < -0.3 is 10.3 Å². The number of aromatic amines is 1. The number of hydrogen-bond acceptors (Lipinski definition) is 3. The lowest BCUT2D eigenvalue weighted by Crippen LogP contribution is -2.27. The Morgan fingerprint density at radius 2 is 2.08 bits per heavy atom. The van der Waals surface area contributed by atoms with Gasteiger partial charge in [-0.05, 0) is 24.5 Å². The Hall–Kier alpha value is -2.89. The maximum absolute atomic E-state index is 12.1. The highest BCUT2D eigenvalue weighted by atomic mass is 16.1. The summed E-state index contributed by atoms with van der Waals surface area (Å²) in [5.41, 5.74) is 3.08. The summed E-state index contributed by atoms with van der Waals surface area (Å²) in [5, 5.41) is 7.08. The summed E-state index contributed by atoms with van der Waals surface area (Å²) in [5.74, 6) is 0.757. The van der Waals surface area contributed by atoms with Gasteiger partial charge in [0.1, 0.15) is 5.82 Å². The number of imidazole rings is 1. The minimum absolute atomic E-state index is 0.00372. The predicted octanol–water partition coefficient (Wildman–Crippen LogP) is 2.62. The number of H-pyrrole nitrogens is 1. The number of aryl methyl sites for hydroxylation is 2. The minimum atomic E-state index is -0.163. The molecule has 0 aliphatic carbocycles. The Kier molecular flexibility index (Phi) is 4.74. The molecule has 0 saturated carbocycles. The number of nitrogens with zero attached hydrogens (tertiary/aromatic N) is 3. The second-order valence-electron chi connectivity index (χ2n) is 5.86. The molecule has 2 heterocycles. The molecular formula is C18H21N5O. The van der Waals surface area contributed by atoms with Gasteiger partial charge in [0.2, 0.25) is 5.91 Å². The van der Waals surface area contributed by atoms with Crippen LogP contribution in [0.1, 0.15) is 30.8 Å². The largest absolute Gasteiger partial charge is 0.346 e. The zero-order chi connectivity index (χ0) is 16.9. The number of amides is 1. The van der Waals surface area contributed by atoms with E-state index in [1.165, 1.54) is 0 Å². The van der Waals surface area contributed by atoms with Crippen molar-refractivity contribution in [2.75, 3.05) is 0 Å². The van der Waals surface area contributed by atoms with Gasteiger partial charge in [-0.25, -0.2) is 4.98 Å². The van der Waals surface area contributed by atoms with Gasteiger partial charge in [-0.15, -0.1) is 0 Å². The number of rotatable bonds is 6. The summed E-state index contributed by atoms with van der Waals surface area (Å²) >= 11 is 0. The molecular weight excluding hydrogens is 302 g/mol. The number of hydrogen-bond donors (Lipinski definition) is 2. The van der Waals surface area contributed by atoms with Crippen LogP contribution in [0.3, 0.4) is 0 Å². The quantitative estimate of drug-likeness (QED) is 0.732. The zero-order valence-corrected chi connectivity index (χ0v) is 13.9. The molecule has 0 unspecified atom stereocenters. The second-order valence-corrected chi connectivity index (χ2v) is 5.86. The first-order valence-electron chi connectivity index (χ1n) is 7.99. The van der Waals surface area contributed by atoms with Crippen molar-refractivity contribution >= 4 is 5.91 Å². The van der Waals surface area contributed by atoms with Crippen LogP contribution in [0.4, 0.5) is 0 Å². The molecule has 0 aliphatic rings. The van der Waals surface area contributed by atoms with Crippen molar-refractivity contribution in [3.8, 4) is 11.3 Å². The number of nitrogens with one attached hydrogen (secondary N) is 2. The molecule has 0 bridgehead atoms. The fourth-order valence-corrected chi connectivity index (χ4v) is 2.56. The van der Waals surface area contributed by atoms with Crippen molar-refractivity contribution < 1.29 is 4.79 Å². The van der Waals surface area contributed by atoms with Crippen LogP contribution in [-0.4, -0.2) is 25.7 Å². The molecule has 1 aromatic carbocycles. The monoisotopic (exact) mass is 323 g/mol. The molecule has 0 radical (unpaired) electrons. The van der Waals surface area contributed by atoms with Crippen molar-refractivity contribution in [3.05, 3.63) is 60.3 Å². The molecule has 1 amide bonds. The van der Waals surface area contributed by atoms with E-state index in [-0.39, 0.29) is 11.9 Å². The Bertz CT molecular complexity index is 806. The van der Waals surface area contributed by atoms with Crippen molar-refractivity contribution in [2.24, 2.45) is 7.05 Å². The smallest absolute Gasteiger partial charge is 0.220 e. The lowest BCUT2D eigenvalue weighted by atomic mass is 10.2. The van der Waals surface area contributed by atoms with Crippen LogP contribution in [-0.2, 0) is 18.3 Å². The molecule has 1 atom stereocenters. The van der Waals surface area contributed by atoms with Crippen molar-refractivity contribution in [2.45, 2.75) is 25.8 Å². The first-order valence-corrected chi connectivity index (χ1v) is 7.99. The van der Waals surface area contributed by atoms with Crippen LogP contribution >= 0.6 is 0 Å². The number of carbonyl (C=O) groups excluding carboxylic acids is 1. The standard InChI is InChI=1S/C18H21N5O/c1-13(21-17(24)9-8-14-10-20-23(2)12-14)18-19-11-16(22-18)15-6-4-3-5-7-15/h3-7,10-13H,8-9H2,1-2H3,(H,19,22)(H,21,24)/t13-/m1/s1. The van der Waals surface area contributed by atoms with E-state index in [9.17, 15) is 4.79 Å². The van der Waals surface area contributed by atoms with Gasteiger partial charge in [0.05, 0.1) is 24.1 Å². The normalized spacial score (nSPS) is 12.1. The molecule has 0 spiro atoms. The molecule has 6 nitrogen and oxygen atoms in total. The Balaban J connectivity index is 1.55. The summed E-state index contributed by atoms with van der Waals surface area (Å²) in [6.45, 7) is 1.93. The second kappa shape index (κ2) is 7.12. The van der Waals surface area contributed by atoms with E-state index in [1.54, 1.807) is 17.1 Å². The highest BCUT2D eigenvalue weighted by molar-refractivity contribution is 5.76. The van der Waals surface area contributed by atoms with E-state index < -0.39 is 0 Å². The third-order valence-electron chi connectivity index (χ3n) is 3.87. The van der Waals surface area contributed by atoms with Crippen LogP contribution in [0.5, 0.6) is 0 Å². The summed E-state index contributed by atoms with van der Waals surface area (Å²) in [4.78, 5) is 19.8. The molecule has 24 heavy (non-hydrogen) atoms. The molecule has 0 saturated heterocycles. The molecule has 0 fully saturated rings. The summed E-state index contributed by atoms with van der Waals surface area (Å²) in [6, 6.07) is 9.83. The minimum Gasteiger partial charge on any atom is -0.346 e. The molecule has 2 aromatic heterocycles. The van der Waals surface area contributed by atoms with E-state index in [0.717, 1.165) is 22.6 Å². The topological polar surface area (TPSA) is 75.6 Å². The lowest BCUT2D eigenvalue weighted by molar-refractivity contribution is -0.121. The van der Waals surface area contributed by atoms with Gasteiger partial charge in [0, 0.05) is 19.7 Å². The van der Waals surface area contributed by atoms with Gasteiger partial charge in [0.25, 0.3) is 0 Å². The van der Waals surface area contributed by atoms with E-state index in [0.29, 0.717) is 12.8 Å². The van der Waals surface area contributed by atoms with Crippen LogP contribution < -0.4 is 5.32 Å². The molecule has 3 rings (SSSR count). The van der Waals surface area contributed by atoms with Gasteiger partial charge in [0.15, 0.2) is 0 Å². The average molecular weight is 323 g/mol. The summed E-state index contributed by atoms with van der Waals surface area (Å²) in [6.07, 6.45) is 6.62. The van der Waals surface area contributed by atoms with Crippen LogP contribution in [0.25, 0.3) is 11.3 Å². The van der Waals surface area contributed by atoms with Gasteiger partial charge in [-0.2, -0.15) is 5.10 Å². The van der Waals surface area contributed by atoms with E-state index in [2.05, 4.69) is 20.4 Å². The summed E-state index contributed by atoms with van der Waals surface area (Å²) in [7, 11) is 1.87. The first kappa shape index (κ1) is 16.0. The van der Waals surface area contributed by atoms with E-state index in [4.69, 9.17) is 0 Å².